The normalized spacial score (nSPS) is 32.2. The molecule has 2 unspecified atom stereocenters. The van der Waals surface area contributed by atoms with E-state index in [9.17, 15) is 0 Å². The third kappa shape index (κ3) is 3.11. The molecule has 1 aliphatic heterocycles. The van der Waals surface area contributed by atoms with E-state index in [0.717, 1.165) is 12.0 Å². The summed E-state index contributed by atoms with van der Waals surface area (Å²) in [6.07, 6.45) is 2.60. The molecule has 1 N–H and O–H groups in total. The van der Waals surface area contributed by atoms with E-state index in [1.165, 1.54) is 32.5 Å². The Morgan fingerprint density at radius 2 is 2.17 bits per heavy atom. The van der Waals surface area contributed by atoms with Gasteiger partial charge in [0.25, 0.3) is 0 Å². The zero-order valence-electron chi connectivity index (χ0n) is 8.64. The summed E-state index contributed by atoms with van der Waals surface area (Å²) in [4.78, 5) is 2.43. The van der Waals surface area contributed by atoms with Gasteiger partial charge in [-0.1, -0.05) is 13.8 Å². The highest BCUT2D eigenvalue weighted by Gasteiger charge is 2.21. The first-order valence-corrected chi connectivity index (χ1v) is 5.14. The summed E-state index contributed by atoms with van der Waals surface area (Å²) < 4.78 is 0. The van der Waals surface area contributed by atoms with Crippen LogP contribution in [0.5, 0.6) is 0 Å². The van der Waals surface area contributed by atoms with Gasteiger partial charge in [0.2, 0.25) is 0 Å². The van der Waals surface area contributed by atoms with Gasteiger partial charge in [0.15, 0.2) is 0 Å². The fourth-order valence-electron chi connectivity index (χ4n) is 2.11. The first-order chi connectivity index (χ1) is 5.72. The van der Waals surface area contributed by atoms with Gasteiger partial charge in [0.05, 0.1) is 0 Å². The molecule has 2 atom stereocenters. The third-order valence-electron chi connectivity index (χ3n) is 2.53. The maximum absolute atomic E-state index is 3.59. The minimum atomic E-state index is 0.735. The van der Waals surface area contributed by atoms with Crippen LogP contribution in [0.2, 0.25) is 0 Å². The van der Waals surface area contributed by atoms with E-state index >= 15 is 0 Å². The van der Waals surface area contributed by atoms with E-state index in [-0.39, 0.29) is 0 Å². The number of rotatable bonds is 3. The van der Waals surface area contributed by atoms with Crippen LogP contribution in [0.1, 0.15) is 26.7 Å². The largest absolute Gasteiger partial charge is 0.313 e. The van der Waals surface area contributed by atoms with Crippen LogP contribution < -0.4 is 5.32 Å². The third-order valence-corrected chi connectivity index (χ3v) is 2.53. The van der Waals surface area contributed by atoms with E-state index in [4.69, 9.17) is 0 Å². The second kappa shape index (κ2) is 4.83. The number of hydrogen-bond acceptors (Lipinski definition) is 2. The summed E-state index contributed by atoms with van der Waals surface area (Å²) in [7, 11) is 2.22. The van der Waals surface area contributed by atoms with Gasteiger partial charge in [-0.2, -0.15) is 0 Å². The topological polar surface area (TPSA) is 15.3 Å². The number of likely N-dealkylation sites (tertiary alicyclic amines) is 1. The highest BCUT2D eigenvalue weighted by atomic mass is 15.1. The molecule has 0 aromatic rings. The maximum Gasteiger partial charge on any atom is 0.0197 e. The molecule has 72 valence electrons. The second-order valence-electron chi connectivity index (χ2n) is 4.21. The molecule has 0 radical (unpaired) electrons. The average molecular weight is 170 g/mol. The van der Waals surface area contributed by atoms with Crippen molar-refractivity contribution in [2.24, 2.45) is 5.92 Å². The van der Waals surface area contributed by atoms with Crippen LogP contribution in [-0.4, -0.2) is 37.6 Å². The van der Waals surface area contributed by atoms with Gasteiger partial charge in [0.1, 0.15) is 0 Å². The van der Waals surface area contributed by atoms with Crippen LogP contribution in [0, 0.1) is 5.92 Å². The standard InChI is InChI=1S/C10H22N2/c1-4-5-11-10-6-9(2)7-12(3)8-10/h9-11H,4-8H2,1-3H3. The van der Waals surface area contributed by atoms with Crippen LogP contribution in [0.15, 0.2) is 0 Å². The number of nitrogens with one attached hydrogen (secondary N) is 1. The molecule has 0 amide bonds. The minimum absolute atomic E-state index is 0.735. The highest BCUT2D eigenvalue weighted by Crippen LogP contribution is 2.14. The predicted molar refractivity (Wildman–Crippen MR) is 53.4 cm³/mol. The summed E-state index contributed by atoms with van der Waals surface area (Å²) in [6.45, 7) is 8.24. The Bertz CT molecular complexity index is 115. The Kier molecular flexibility index (Phi) is 4.02. The molecule has 0 aromatic carbocycles. The molecule has 2 heteroatoms. The van der Waals surface area contributed by atoms with Crippen LogP contribution >= 0.6 is 0 Å². The van der Waals surface area contributed by atoms with Crippen molar-refractivity contribution >= 4 is 0 Å². The molecule has 1 aliphatic rings. The minimum Gasteiger partial charge on any atom is -0.313 e. The van der Waals surface area contributed by atoms with Crippen LogP contribution in [0.25, 0.3) is 0 Å². The van der Waals surface area contributed by atoms with Crippen LogP contribution in [-0.2, 0) is 0 Å². The van der Waals surface area contributed by atoms with Crippen molar-refractivity contribution in [2.75, 3.05) is 26.7 Å². The van der Waals surface area contributed by atoms with Crippen molar-refractivity contribution in [3.05, 3.63) is 0 Å². The van der Waals surface area contributed by atoms with Gasteiger partial charge in [-0.05, 0) is 32.4 Å². The predicted octanol–water partition coefficient (Wildman–Crippen LogP) is 1.33. The molecule has 12 heavy (non-hydrogen) atoms. The van der Waals surface area contributed by atoms with E-state index in [0.29, 0.717) is 0 Å². The van der Waals surface area contributed by atoms with E-state index in [2.05, 4.69) is 31.1 Å². The Balaban J connectivity index is 2.24. The van der Waals surface area contributed by atoms with Crippen molar-refractivity contribution in [1.82, 2.24) is 10.2 Å². The fraction of sp³-hybridized carbons (Fsp3) is 1.00. The quantitative estimate of drug-likeness (QED) is 0.687. The lowest BCUT2D eigenvalue weighted by molar-refractivity contribution is 0.179. The number of likely N-dealkylation sites (N-methyl/N-ethyl adjacent to an activating group) is 1. The Labute approximate surface area is 76.3 Å². The summed E-state index contributed by atoms with van der Waals surface area (Å²) in [5.74, 6) is 0.859. The molecule has 0 aliphatic carbocycles. The van der Waals surface area contributed by atoms with Crippen molar-refractivity contribution in [2.45, 2.75) is 32.7 Å². The Morgan fingerprint density at radius 3 is 2.75 bits per heavy atom. The van der Waals surface area contributed by atoms with E-state index < -0.39 is 0 Å². The van der Waals surface area contributed by atoms with Gasteiger partial charge in [-0.3, -0.25) is 0 Å². The SMILES string of the molecule is CCCNC1CC(C)CN(C)C1. The van der Waals surface area contributed by atoms with Gasteiger partial charge in [0, 0.05) is 19.1 Å². The molecule has 1 saturated heterocycles. The second-order valence-corrected chi connectivity index (χ2v) is 4.21. The lowest BCUT2D eigenvalue weighted by Gasteiger charge is -2.34. The molecular formula is C10H22N2. The van der Waals surface area contributed by atoms with Crippen LogP contribution in [0.3, 0.4) is 0 Å². The van der Waals surface area contributed by atoms with E-state index in [1.54, 1.807) is 0 Å². The molecular weight excluding hydrogens is 148 g/mol. The first-order valence-electron chi connectivity index (χ1n) is 5.14. The van der Waals surface area contributed by atoms with Gasteiger partial charge >= 0.3 is 0 Å². The molecule has 1 heterocycles. The lowest BCUT2D eigenvalue weighted by Crippen LogP contribution is -2.47. The monoisotopic (exact) mass is 170 g/mol. The molecule has 0 aromatic heterocycles. The van der Waals surface area contributed by atoms with E-state index in [1.807, 2.05) is 0 Å². The van der Waals surface area contributed by atoms with Crippen molar-refractivity contribution < 1.29 is 0 Å². The zero-order chi connectivity index (χ0) is 8.97. The van der Waals surface area contributed by atoms with Crippen molar-refractivity contribution in [3.63, 3.8) is 0 Å². The number of nitrogens with zero attached hydrogens (tertiary/aromatic N) is 1. The van der Waals surface area contributed by atoms with Gasteiger partial charge in [-0.15, -0.1) is 0 Å². The zero-order valence-corrected chi connectivity index (χ0v) is 8.64. The smallest absolute Gasteiger partial charge is 0.0197 e. The van der Waals surface area contributed by atoms with Crippen molar-refractivity contribution in [3.8, 4) is 0 Å². The molecule has 1 rings (SSSR count). The maximum atomic E-state index is 3.59. The molecule has 1 fully saturated rings. The summed E-state index contributed by atoms with van der Waals surface area (Å²) in [5.41, 5.74) is 0. The number of hydrogen-bond donors (Lipinski definition) is 1. The van der Waals surface area contributed by atoms with Gasteiger partial charge in [-0.25, -0.2) is 0 Å². The first kappa shape index (κ1) is 10.0. The lowest BCUT2D eigenvalue weighted by atomic mass is 9.96. The van der Waals surface area contributed by atoms with Crippen LogP contribution in [0.4, 0.5) is 0 Å². The molecule has 0 spiro atoms. The van der Waals surface area contributed by atoms with Crippen molar-refractivity contribution in [1.29, 1.82) is 0 Å². The summed E-state index contributed by atoms with van der Waals surface area (Å²) in [5, 5.41) is 3.59. The fourth-order valence-corrected chi connectivity index (χ4v) is 2.11. The summed E-state index contributed by atoms with van der Waals surface area (Å²) in [6, 6.07) is 0.735. The Morgan fingerprint density at radius 1 is 1.42 bits per heavy atom. The average Bonchev–Trinajstić information content (AvgIpc) is 1.99. The number of piperidine rings is 1. The Hall–Kier alpha value is -0.0800. The van der Waals surface area contributed by atoms with Gasteiger partial charge < -0.3 is 10.2 Å². The highest BCUT2D eigenvalue weighted by molar-refractivity contribution is 4.79. The summed E-state index contributed by atoms with van der Waals surface area (Å²) >= 11 is 0. The molecule has 2 nitrogen and oxygen atoms in total. The molecule has 0 saturated carbocycles. The molecule has 0 bridgehead atoms.